The summed E-state index contributed by atoms with van der Waals surface area (Å²) in [6.07, 6.45) is 9.12. The van der Waals surface area contributed by atoms with Gasteiger partial charge in [-0.1, -0.05) is 66.2 Å². The number of carbonyl (C=O) groups excluding carboxylic acids is 3. The van der Waals surface area contributed by atoms with E-state index in [0.717, 1.165) is 32.1 Å². The second-order valence-electron chi connectivity index (χ2n) is 13.3. The number of aliphatic hydroxyl groups excluding tert-OH is 2. The molecule has 0 rings (SSSR count). The molecule has 44 heavy (non-hydrogen) atoms. The molecule has 2 N–H and O–H groups in total. The third kappa shape index (κ3) is 24.6. The predicted molar refractivity (Wildman–Crippen MR) is 175 cm³/mol. The summed E-state index contributed by atoms with van der Waals surface area (Å²) >= 11 is 0. The number of unbranched alkanes of at least 4 members (excludes halogenated alkanes) is 3. The minimum absolute atomic E-state index is 0.180. The fourth-order valence-corrected chi connectivity index (χ4v) is 4.95. The van der Waals surface area contributed by atoms with Crippen LogP contribution in [0.5, 0.6) is 0 Å². The van der Waals surface area contributed by atoms with Crippen LogP contribution in [0.2, 0.25) is 0 Å². The van der Waals surface area contributed by atoms with E-state index in [4.69, 9.17) is 14.2 Å². The number of carbonyl (C=O) groups is 3. The van der Waals surface area contributed by atoms with E-state index in [1.807, 2.05) is 20.8 Å². The lowest BCUT2D eigenvalue weighted by Crippen LogP contribution is -2.38. The molecule has 0 aliphatic heterocycles. The smallest absolute Gasteiger partial charge is 0.306 e. The summed E-state index contributed by atoms with van der Waals surface area (Å²) in [4.78, 5) is 38.2. The predicted octanol–water partition coefficient (Wildman–Crippen LogP) is 6.60. The molecule has 0 saturated heterocycles. The topological polar surface area (TPSA) is 123 Å². The van der Waals surface area contributed by atoms with E-state index in [1.54, 1.807) is 0 Å². The first-order chi connectivity index (χ1) is 20.8. The van der Waals surface area contributed by atoms with Crippen molar-refractivity contribution in [2.45, 2.75) is 163 Å². The van der Waals surface area contributed by atoms with E-state index in [1.165, 1.54) is 0 Å². The van der Waals surface area contributed by atoms with Gasteiger partial charge in [0.05, 0.1) is 25.4 Å². The molecule has 0 aromatic rings. The highest BCUT2D eigenvalue weighted by Crippen LogP contribution is 2.14. The maximum Gasteiger partial charge on any atom is 0.306 e. The zero-order chi connectivity index (χ0) is 33.4. The van der Waals surface area contributed by atoms with Gasteiger partial charge in [0.15, 0.2) is 0 Å². The summed E-state index contributed by atoms with van der Waals surface area (Å²) in [6.45, 7) is 16.4. The number of esters is 3. The van der Waals surface area contributed by atoms with E-state index >= 15 is 0 Å². The van der Waals surface area contributed by atoms with Gasteiger partial charge in [-0.2, -0.15) is 0 Å². The number of nitrogens with zero attached hydrogens (tertiary/aromatic N) is 1. The van der Waals surface area contributed by atoms with E-state index in [9.17, 15) is 24.6 Å². The molecule has 2 atom stereocenters. The van der Waals surface area contributed by atoms with Gasteiger partial charge in [0.25, 0.3) is 0 Å². The van der Waals surface area contributed by atoms with Crippen LogP contribution in [0.4, 0.5) is 0 Å². The van der Waals surface area contributed by atoms with E-state index in [0.29, 0.717) is 109 Å². The van der Waals surface area contributed by atoms with Crippen molar-refractivity contribution in [2.75, 3.05) is 32.8 Å². The Hall–Kier alpha value is -1.71. The fraction of sp³-hybridized carbons (Fsp3) is 0.914. The van der Waals surface area contributed by atoms with Crippen LogP contribution >= 0.6 is 0 Å². The molecule has 0 radical (unpaired) electrons. The molecule has 0 amide bonds. The number of rotatable bonds is 27. The lowest BCUT2D eigenvalue weighted by atomic mass is 10.1. The summed E-state index contributed by atoms with van der Waals surface area (Å²) in [5.74, 6) is 0.237. The van der Waals surface area contributed by atoms with Crippen molar-refractivity contribution in [1.29, 1.82) is 0 Å². The Balaban J connectivity index is 4.64. The monoisotopic (exact) mass is 629 g/mol. The molecule has 0 fully saturated rings. The Labute approximate surface area is 268 Å². The molecule has 9 heteroatoms. The highest BCUT2D eigenvalue weighted by atomic mass is 16.6. The molecule has 260 valence electrons. The van der Waals surface area contributed by atoms with Crippen LogP contribution in [0.1, 0.15) is 145 Å². The summed E-state index contributed by atoms with van der Waals surface area (Å²) < 4.78 is 16.2. The fourth-order valence-electron chi connectivity index (χ4n) is 4.95. The average molecular weight is 630 g/mol. The van der Waals surface area contributed by atoms with E-state index < -0.39 is 17.8 Å². The van der Waals surface area contributed by atoms with Gasteiger partial charge >= 0.3 is 17.9 Å². The number of aliphatic hydroxyl groups is 2. The maximum atomic E-state index is 12.1. The Bertz CT molecular complexity index is 702. The van der Waals surface area contributed by atoms with Crippen molar-refractivity contribution in [1.82, 2.24) is 4.90 Å². The summed E-state index contributed by atoms with van der Waals surface area (Å²) in [6, 6.07) is 0. The van der Waals surface area contributed by atoms with Gasteiger partial charge in [0.1, 0.15) is 5.60 Å². The standard InChI is InChI=1S/C35H67NO8/c1-8-28(9-2)26-42-32(39)20-14-12-18-30(37)24-36(23-17-16-22-34(41)44-35(5,6)7)25-31(38)19-13-15-21-33(40)43-27-29(10-3)11-4/h28-31,37-38H,8-27H2,1-7H3. The quantitative estimate of drug-likeness (QED) is 0.0588. The lowest BCUT2D eigenvalue weighted by molar-refractivity contribution is -0.155. The molecular weight excluding hydrogens is 562 g/mol. The SMILES string of the molecule is CCC(CC)COC(=O)CCCCC(O)CN(CCCCC(=O)OC(C)(C)C)CC(O)CCCCC(=O)OCC(CC)CC. The Morgan fingerprint density at radius 1 is 0.614 bits per heavy atom. The number of ether oxygens (including phenoxy) is 3. The summed E-state index contributed by atoms with van der Waals surface area (Å²) in [5, 5.41) is 21.5. The molecule has 2 unspecified atom stereocenters. The minimum atomic E-state index is -0.585. The first-order valence-electron chi connectivity index (χ1n) is 17.4. The third-order valence-electron chi connectivity index (χ3n) is 8.07. The van der Waals surface area contributed by atoms with Crippen LogP contribution in [-0.4, -0.2) is 83.7 Å². The third-order valence-corrected chi connectivity index (χ3v) is 8.07. The van der Waals surface area contributed by atoms with E-state index in [2.05, 4.69) is 32.6 Å². The zero-order valence-electron chi connectivity index (χ0n) is 29.2. The van der Waals surface area contributed by atoms with Crippen LogP contribution in [0.15, 0.2) is 0 Å². The molecule has 0 bridgehead atoms. The molecule has 0 heterocycles. The van der Waals surface area contributed by atoms with Crippen LogP contribution in [0.25, 0.3) is 0 Å². The van der Waals surface area contributed by atoms with Crippen LogP contribution < -0.4 is 0 Å². The number of hydrogen-bond acceptors (Lipinski definition) is 9. The van der Waals surface area contributed by atoms with Gasteiger partial charge in [-0.25, -0.2) is 0 Å². The van der Waals surface area contributed by atoms with Crippen LogP contribution in [0, 0.1) is 11.8 Å². The van der Waals surface area contributed by atoms with Crippen molar-refractivity contribution in [2.24, 2.45) is 11.8 Å². The van der Waals surface area contributed by atoms with Gasteiger partial charge in [-0.15, -0.1) is 0 Å². The van der Waals surface area contributed by atoms with Crippen LogP contribution in [-0.2, 0) is 28.6 Å². The Morgan fingerprint density at radius 2 is 1.00 bits per heavy atom. The van der Waals surface area contributed by atoms with Gasteiger partial charge in [0.2, 0.25) is 0 Å². The summed E-state index contributed by atoms with van der Waals surface area (Å²) in [5.41, 5.74) is -0.508. The normalized spacial score (nSPS) is 13.4. The molecular formula is C35H67NO8. The van der Waals surface area contributed by atoms with Crippen molar-refractivity contribution >= 4 is 17.9 Å². The second kappa shape index (κ2) is 25.5. The average Bonchev–Trinajstić information content (AvgIpc) is 2.95. The van der Waals surface area contributed by atoms with Crippen LogP contribution in [0.3, 0.4) is 0 Å². The van der Waals surface area contributed by atoms with Crippen molar-refractivity contribution < 1.29 is 38.8 Å². The van der Waals surface area contributed by atoms with Gasteiger partial charge in [0, 0.05) is 32.4 Å². The summed E-state index contributed by atoms with van der Waals surface area (Å²) in [7, 11) is 0. The first-order valence-corrected chi connectivity index (χ1v) is 17.4. The zero-order valence-corrected chi connectivity index (χ0v) is 29.2. The number of hydrogen-bond donors (Lipinski definition) is 2. The molecule has 0 aromatic carbocycles. The first kappa shape index (κ1) is 42.3. The minimum Gasteiger partial charge on any atom is -0.465 e. The van der Waals surface area contributed by atoms with Gasteiger partial charge in [-0.05, 0) is 77.7 Å². The largest absolute Gasteiger partial charge is 0.465 e. The Kier molecular flexibility index (Phi) is 24.5. The lowest BCUT2D eigenvalue weighted by Gasteiger charge is -2.27. The van der Waals surface area contributed by atoms with Crippen molar-refractivity contribution in [3.8, 4) is 0 Å². The molecule has 9 nitrogen and oxygen atoms in total. The molecule has 0 spiro atoms. The highest BCUT2D eigenvalue weighted by molar-refractivity contribution is 5.70. The van der Waals surface area contributed by atoms with Gasteiger partial charge in [-0.3, -0.25) is 19.3 Å². The van der Waals surface area contributed by atoms with E-state index in [-0.39, 0.29) is 17.9 Å². The second-order valence-corrected chi connectivity index (χ2v) is 13.3. The molecule has 0 saturated carbocycles. The maximum absolute atomic E-state index is 12.1. The van der Waals surface area contributed by atoms with Gasteiger partial charge < -0.3 is 24.4 Å². The molecule has 0 aliphatic carbocycles. The molecule has 0 aliphatic rings. The Morgan fingerprint density at radius 3 is 1.39 bits per heavy atom. The van der Waals surface area contributed by atoms with Crippen molar-refractivity contribution in [3.63, 3.8) is 0 Å². The molecule has 0 aromatic heterocycles. The highest BCUT2D eigenvalue weighted by Gasteiger charge is 2.19. The van der Waals surface area contributed by atoms with Crippen molar-refractivity contribution in [3.05, 3.63) is 0 Å².